The Morgan fingerprint density at radius 1 is 1.42 bits per heavy atom. The highest BCUT2D eigenvalue weighted by Crippen LogP contribution is 2.16. The molecule has 0 saturated heterocycles. The molecule has 2 rings (SSSR count). The van der Waals surface area contributed by atoms with E-state index in [1.54, 1.807) is 13.1 Å². The van der Waals surface area contributed by atoms with Crippen molar-refractivity contribution in [2.75, 3.05) is 5.43 Å². The molecule has 2 aromatic heterocycles. The van der Waals surface area contributed by atoms with Gasteiger partial charge in [-0.15, -0.1) is 0 Å². The molecule has 0 aliphatic heterocycles. The second-order valence-corrected chi connectivity index (χ2v) is 5.34. The molecular formula is C9H13N7O2S. The lowest BCUT2D eigenvalue weighted by atomic mass is 10.4. The van der Waals surface area contributed by atoms with Crippen LogP contribution in [0.3, 0.4) is 0 Å². The number of hydrogen-bond donors (Lipinski definition) is 3. The lowest BCUT2D eigenvalue weighted by Gasteiger charge is -2.08. The van der Waals surface area contributed by atoms with Crippen molar-refractivity contribution in [1.29, 1.82) is 0 Å². The standard InChI is InChI=1S/C9H13N7O2S/c1-16-6-12-8(15-16)5-13-19(17,18)9-7(14-10)3-2-4-11-9/h2-4,6,13-14H,5,10H2,1H3. The van der Waals surface area contributed by atoms with Crippen LogP contribution < -0.4 is 16.0 Å². The van der Waals surface area contributed by atoms with Gasteiger partial charge >= 0.3 is 0 Å². The fourth-order valence-electron chi connectivity index (χ4n) is 1.41. The van der Waals surface area contributed by atoms with E-state index in [0.29, 0.717) is 5.82 Å². The van der Waals surface area contributed by atoms with Crippen LogP contribution in [-0.4, -0.2) is 28.2 Å². The van der Waals surface area contributed by atoms with Crippen LogP contribution in [-0.2, 0) is 23.6 Å². The molecule has 2 heterocycles. The quantitative estimate of drug-likeness (QED) is 0.473. The first kappa shape index (κ1) is 13.4. The molecule has 0 saturated carbocycles. The van der Waals surface area contributed by atoms with E-state index in [2.05, 4.69) is 25.2 Å². The fourth-order valence-corrected chi connectivity index (χ4v) is 2.48. The van der Waals surface area contributed by atoms with Crippen molar-refractivity contribution in [2.45, 2.75) is 11.6 Å². The van der Waals surface area contributed by atoms with Crippen molar-refractivity contribution < 1.29 is 8.42 Å². The second-order valence-electron chi connectivity index (χ2n) is 3.66. The largest absolute Gasteiger partial charge is 0.321 e. The van der Waals surface area contributed by atoms with E-state index in [4.69, 9.17) is 5.84 Å². The van der Waals surface area contributed by atoms with Crippen LogP contribution in [0.25, 0.3) is 0 Å². The van der Waals surface area contributed by atoms with Crippen molar-refractivity contribution in [3.8, 4) is 0 Å². The topological polar surface area (TPSA) is 128 Å². The van der Waals surface area contributed by atoms with Gasteiger partial charge in [-0.1, -0.05) is 0 Å². The van der Waals surface area contributed by atoms with Gasteiger partial charge in [0.25, 0.3) is 10.0 Å². The Morgan fingerprint density at radius 2 is 2.21 bits per heavy atom. The summed E-state index contributed by atoms with van der Waals surface area (Å²) in [5.41, 5.74) is 2.50. The molecule has 0 aliphatic rings. The summed E-state index contributed by atoms with van der Waals surface area (Å²) in [5.74, 6) is 5.61. The van der Waals surface area contributed by atoms with Gasteiger partial charge in [0.2, 0.25) is 0 Å². The molecule has 0 aliphatic carbocycles. The van der Waals surface area contributed by atoms with Crippen LogP contribution in [0.15, 0.2) is 29.7 Å². The zero-order valence-corrected chi connectivity index (χ0v) is 10.9. The van der Waals surface area contributed by atoms with Gasteiger partial charge in [0.05, 0.1) is 12.2 Å². The monoisotopic (exact) mass is 283 g/mol. The molecule has 4 N–H and O–H groups in total. The first-order valence-corrected chi connectivity index (χ1v) is 6.77. The Kier molecular flexibility index (Phi) is 3.74. The van der Waals surface area contributed by atoms with Gasteiger partial charge in [-0.3, -0.25) is 10.5 Å². The van der Waals surface area contributed by atoms with Gasteiger partial charge < -0.3 is 5.43 Å². The highest BCUT2D eigenvalue weighted by molar-refractivity contribution is 7.89. The third-order valence-corrected chi connectivity index (χ3v) is 3.61. The summed E-state index contributed by atoms with van der Waals surface area (Å²) in [4.78, 5) is 7.72. The van der Waals surface area contributed by atoms with E-state index < -0.39 is 10.0 Å². The molecule has 0 bridgehead atoms. The number of nitrogens with two attached hydrogens (primary N) is 1. The minimum atomic E-state index is -3.78. The minimum Gasteiger partial charge on any atom is -0.321 e. The van der Waals surface area contributed by atoms with E-state index in [9.17, 15) is 8.42 Å². The van der Waals surface area contributed by atoms with Crippen molar-refractivity contribution in [3.63, 3.8) is 0 Å². The number of sulfonamides is 1. The molecule has 0 spiro atoms. The maximum absolute atomic E-state index is 12.1. The molecule has 0 amide bonds. The molecule has 2 aromatic rings. The summed E-state index contributed by atoms with van der Waals surface area (Å²) in [6.07, 6.45) is 2.85. The average molecular weight is 283 g/mol. The number of aromatic nitrogens is 4. The van der Waals surface area contributed by atoms with Gasteiger partial charge in [-0.25, -0.2) is 23.1 Å². The smallest absolute Gasteiger partial charge is 0.260 e. The number of pyridine rings is 1. The van der Waals surface area contributed by atoms with E-state index in [0.717, 1.165) is 0 Å². The highest BCUT2D eigenvalue weighted by atomic mass is 32.2. The summed E-state index contributed by atoms with van der Waals surface area (Å²) in [7, 11) is -2.09. The SMILES string of the molecule is Cn1cnc(CNS(=O)(=O)c2ncccc2NN)n1. The summed E-state index contributed by atoms with van der Waals surface area (Å²) in [5, 5.41) is 3.80. The van der Waals surface area contributed by atoms with Crippen LogP contribution in [0, 0.1) is 0 Å². The average Bonchev–Trinajstić information content (AvgIpc) is 2.82. The Morgan fingerprint density at radius 3 is 2.84 bits per heavy atom. The molecule has 0 atom stereocenters. The second kappa shape index (κ2) is 5.30. The van der Waals surface area contributed by atoms with Gasteiger partial charge in [0.1, 0.15) is 6.33 Å². The van der Waals surface area contributed by atoms with E-state index in [-0.39, 0.29) is 17.3 Å². The van der Waals surface area contributed by atoms with Crippen molar-refractivity contribution in [2.24, 2.45) is 12.9 Å². The van der Waals surface area contributed by atoms with Gasteiger partial charge in [-0.05, 0) is 12.1 Å². The van der Waals surface area contributed by atoms with Crippen molar-refractivity contribution in [3.05, 3.63) is 30.5 Å². The Balaban J connectivity index is 2.18. The zero-order chi connectivity index (χ0) is 13.9. The number of aryl methyl sites for hydroxylation is 1. The van der Waals surface area contributed by atoms with Crippen molar-refractivity contribution in [1.82, 2.24) is 24.5 Å². The molecular weight excluding hydrogens is 270 g/mol. The van der Waals surface area contributed by atoms with Crippen LogP contribution in [0.5, 0.6) is 0 Å². The minimum absolute atomic E-state index is 0.0240. The molecule has 0 fully saturated rings. The van der Waals surface area contributed by atoms with Crippen LogP contribution >= 0.6 is 0 Å². The highest BCUT2D eigenvalue weighted by Gasteiger charge is 2.20. The Labute approximate surface area is 109 Å². The maximum atomic E-state index is 12.1. The molecule has 0 aromatic carbocycles. The van der Waals surface area contributed by atoms with Crippen LogP contribution in [0.1, 0.15) is 5.82 Å². The number of nitrogen functional groups attached to an aromatic ring is 1. The first-order valence-electron chi connectivity index (χ1n) is 5.29. The molecule has 102 valence electrons. The number of anilines is 1. The molecule has 10 heteroatoms. The lowest BCUT2D eigenvalue weighted by molar-refractivity contribution is 0.575. The van der Waals surface area contributed by atoms with Crippen LogP contribution in [0.2, 0.25) is 0 Å². The van der Waals surface area contributed by atoms with Crippen LogP contribution in [0.4, 0.5) is 5.69 Å². The number of nitrogens with one attached hydrogen (secondary N) is 2. The van der Waals surface area contributed by atoms with Gasteiger partial charge in [0.15, 0.2) is 10.9 Å². The fraction of sp³-hybridized carbons (Fsp3) is 0.222. The van der Waals surface area contributed by atoms with E-state index in [1.165, 1.54) is 23.3 Å². The summed E-state index contributed by atoms with van der Waals surface area (Å²) < 4.78 is 28.0. The van der Waals surface area contributed by atoms with E-state index >= 15 is 0 Å². The zero-order valence-electron chi connectivity index (χ0n) is 10.1. The lowest BCUT2D eigenvalue weighted by Crippen LogP contribution is -2.26. The first-order chi connectivity index (χ1) is 9.03. The Hall–Kier alpha value is -2.04. The van der Waals surface area contributed by atoms with Gasteiger partial charge in [0, 0.05) is 13.2 Å². The number of hydrazine groups is 1. The van der Waals surface area contributed by atoms with Gasteiger partial charge in [-0.2, -0.15) is 5.10 Å². The summed E-state index contributed by atoms with van der Waals surface area (Å²) in [6.45, 7) is -0.0240. The third kappa shape index (κ3) is 3.05. The maximum Gasteiger partial charge on any atom is 0.260 e. The number of hydrogen-bond acceptors (Lipinski definition) is 7. The number of nitrogens with zero attached hydrogens (tertiary/aromatic N) is 4. The predicted molar refractivity (Wildman–Crippen MR) is 67.1 cm³/mol. The summed E-state index contributed by atoms with van der Waals surface area (Å²) in [6, 6.07) is 3.09. The number of rotatable bonds is 5. The van der Waals surface area contributed by atoms with Crippen molar-refractivity contribution >= 4 is 15.7 Å². The Bertz CT molecular complexity index is 667. The summed E-state index contributed by atoms with van der Waals surface area (Å²) >= 11 is 0. The third-order valence-electron chi connectivity index (χ3n) is 2.25. The molecule has 0 radical (unpaired) electrons. The predicted octanol–water partition coefficient (Wildman–Crippen LogP) is -1.03. The molecule has 9 nitrogen and oxygen atoms in total. The normalized spacial score (nSPS) is 11.5. The van der Waals surface area contributed by atoms with E-state index in [1.807, 2.05) is 0 Å². The molecule has 19 heavy (non-hydrogen) atoms. The molecule has 0 unspecified atom stereocenters.